The van der Waals surface area contributed by atoms with Crippen molar-refractivity contribution in [2.75, 3.05) is 23.0 Å². The van der Waals surface area contributed by atoms with Gasteiger partial charge in [-0.15, -0.1) is 0 Å². The molecule has 0 spiro atoms. The zero-order chi connectivity index (χ0) is 22.0. The van der Waals surface area contributed by atoms with Gasteiger partial charge in [0, 0.05) is 36.5 Å². The summed E-state index contributed by atoms with van der Waals surface area (Å²) in [5, 5.41) is 4.70. The normalized spacial score (nSPS) is 12.5. The number of aromatic nitrogens is 2. The van der Waals surface area contributed by atoms with Crippen LogP contribution >= 0.6 is 23.5 Å². The van der Waals surface area contributed by atoms with Crippen LogP contribution in [0.2, 0.25) is 0 Å². The Labute approximate surface area is 187 Å². The Bertz CT molecular complexity index is 777. The number of aryl methyl sites for hydroxylation is 2. The monoisotopic (exact) mass is 456 g/mol. The summed E-state index contributed by atoms with van der Waals surface area (Å²) in [6.45, 7) is 9.14. The molecule has 2 heterocycles. The van der Waals surface area contributed by atoms with Crippen molar-refractivity contribution in [1.29, 1.82) is 0 Å². The molecule has 0 aromatic carbocycles. The molecule has 8 heteroatoms. The van der Waals surface area contributed by atoms with Crippen LogP contribution in [0.5, 0.6) is 0 Å². The van der Waals surface area contributed by atoms with Crippen LogP contribution in [0.1, 0.15) is 64.9 Å². The summed E-state index contributed by atoms with van der Waals surface area (Å²) in [5.41, 5.74) is 0.179. The van der Waals surface area contributed by atoms with Gasteiger partial charge in [0.1, 0.15) is 11.5 Å². The van der Waals surface area contributed by atoms with Crippen molar-refractivity contribution in [3.05, 3.63) is 44.4 Å². The maximum Gasteiger partial charge on any atom is 0.280 e. The van der Waals surface area contributed by atoms with E-state index in [-0.39, 0.29) is 21.9 Å². The van der Waals surface area contributed by atoms with Crippen molar-refractivity contribution >= 4 is 23.5 Å². The Morgan fingerprint density at radius 3 is 1.43 bits per heavy atom. The Morgan fingerprint density at radius 1 is 0.700 bits per heavy atom. The standard InChI is InChI=1S/C22H36N2O4S2/c1-21(2,7-5-17-15-19(25)23-27-17)9-11-29-13-14-30-12-10-22(3,4)8-6-18-16-20(26)24-28-18/h15-16H,5-14H2,1-4H3,(H,23,25)(H,24,26). The first-order valence-corrected chi connectivity index (χ1v) is 13.0. The highest BCUT2D eigenvalue weighted by Gasteiger charge is 2.19. The second-order valence-corrected chi connectivity index (χ2v) is 11.9. The SMILES string of the molecule is CC(C)(CCSCCSCCC(C)(C)CCc1cc(=O)[nH]o1)CCc1cc(=O)[nH]o1. The van der Waals surface area contributed by atoms with Crippen molar-refractivity contribution in [3.8, 4) is 0 Å². The number of hydrogen-bond donors (Lipinski definition) is 2. The average Bonchev–Trinajstić information content (AvgIpc) is 3.28. The number of H-pyrrole nitrogens is 2. The summed E-state index contributed by atoms with van der Waals surface area (Å²) in [4.78, 5) is 22.2. The molecule has 0 radical (unpaired) electrons. The van der Waals surface area contributed by atoms with Crippen LogP contribution in [0.15, 0.2) is 30.8 Å². The van der Waals surface area contributed by atoms with Gasteiger partial charge < -0.3 is 9.05 Å². The zero-order valence-electron chi connectivity index (χ0n) is 18.7. The third-order valence-corrected chi connectivity index (χ3v) is 7.69. The van der Waals surface area contributed by atoms with E-state index in [2.05, 4.69) is 38.0 Å². The van der Waals surface area contributed by atoms with Crippen molar-refractivity contribution in [2.45, 2.75) is 66.2 Å². The Morgan fingerprint density at radius 2 is 1.10 bits per heavy atom. The molecule has 2 rings (SSSR count). The van der Waals surface area contributed by atoms with Gasteiger partial charge in [-0.25, -0.2) is 0 Å². The number of rotatable bonds is 15. The highest BCUT2D eigenvalue weighted by molar-refractivity contribution is 8.02. The van der Waals surface area contributed by atoms with Crippen molar-refractivity contribution in [2.24, 2.45) is 10.8 Å². The average molecular weight is 457 g/mol. The third kappa shape index (κ3) is 10.2. The summed E-state index contributed by atoms with van der Waals surface area (Å²) in [6.07, 6.45) is 5.98. The molecule has 0 atom stereocenters. The van der Waals surface area contributed by atoms with Crippen LogP contribution in [-0.4, -0.2) is 33.3 Å². The number of aromatic amines is 2. The molecule has 0 aliphatic heterocycles. The smallest absolute Gasteiger partial charge is 0.280 e. The molecule has 0 aliphatic carbocycles. The second kappa shape index (κ2) is 11.9. The Balaban J connectivity index is 1.48. The van der Waals surface area contributed by atoms with Gasteiger partial charge >= 0.3 is 0 Å². The van der Waals surface area contributed by atoms with Gasteiger partial charge in [-0.3, -0.25) is 9.59 Å². The molecule has 0 amide bonds. The molecule has 0 aliphatic rings. The lowest BCUT2D eigenvalue weighted by molar-refractivity contribution is 0.300. The summed E-state index contributed by atoms with van der Waals surface area (Å²) in [6, 6.07) is 3.09. The predicted molar refractivity (Wildman–Crippen MR) is 127 cm³/mol. The number of thioether (sulfide) groups is 2. The minimum absolute atomic E-state index is 0.159. The molecule has 0 bridgehead atoms. The molecule has 2 aromatic heterocycles. The van der Waals surface area contributed by atoms with Crippen LogP contribution in [0.4, 0.5) is 0 Å². The fourth-order valence-corrected chi connectivity index (χ4v) is 5.83. The molecule has 0 saturated carbocycles. The molecule has 0 saturated heterocycles. The van der Waals surface area contributed by atoms with Gasteiger partial charge in [-0.2, -0.15) is 33.8 Å². The molecule has 0 unspecified atom stereocenters. The fraction of sp³-hybridized carbons (Fsp3) is 0.727. The van der Waals surface area contributed by atoms with Crippen LogP contribution < -0.4 is 11.1 Å². The molecule has 170 valence electrons. The molecular formula is C22H36N2O4S2. The van der Waals surface area contributed by atoms with E-state index in [1.54, 1.807) is 12.1 Å². The largest absolute Gasteiger partial charge is 0.384 e. The topological polar surface area (TPSA) is 92.0 Å². The van der Waals surface area contributed by atoms with E-state index in [9.17, 15) is 9.59 Å². The Hall–Kier alpha value is -1.28. The Kier molecular flexibility index (Phi) is 9.94. The molecule has 2 aromatic rings. The lowest BCUT2D eigenvalue weighted by atomic mass is 9.85. The van der Waals surface area contributed by atoms with Crippen LogP contribution in [0.3, 0.4) is 0 Å². The van der Waals surface area contributed by atoms with Crippen molar-refractivity contribution in [3.63, 3.8) is 0 Å². The summed E-state index contributed by atoms with van der Waals surface area (Å²) < 4.78 is 10.3. The molecule has 30 heavy (non-hydrogen) atoms. The predicted octanol–water partition coefficient (Wildman–Crippen LogP) is 5.11. The highest BCUT2D eigenvalue weighted by Crippen LogP contribution is 2.30. The summed E-state index contributed by atoms with van der Waals surface area (Å²) in [7, 11) is 0. The first-order valence-electron chi connectivity index (χ1n) is 10.7. The quantitative estimate of drug-likeness (QED) is 0.362. The van der Waals surface area contributed by atoms with Gasteiger partial charge in [-0.1, -0.05) is 27.7 Å². The van der Waals surface area contributed by atoms with Gasteiger partial charge in [-0.05, 0) is 48.0 Å². The zero-order valence-corrected chi connectivity index (χ0v) is 20.3. The van der Waals surface area contributed by atoms with Gasteiger partial charge in [0.15, 0.2) is 0 Å². The van der Waals surface area contributed by atoms with E-state index in [0.717, 1.165) is 48.7 Å². The van der Waals surface area contributed by atoms with Crippen LogP contribution in [-0.2, 0) is 12.8 Å². The minimum atomic E-state index is -0.159. The lowest BCUT2D eigenvalue weighted by Crippen LogP contribution is -2.14. The molecule has 2 N–H and O–H groups in total. The first-order chi connectivity index (χ1) is 14.2. The highest BCUT2D eigenvalue weighted by atomic mass is 32.2. The van der Waals surface area contributed by atoms with E-state index in [4.69, 9.17) is 9.05 Å². The van der Waals surface area contributed by atoms with Crippen LogP contribution in [0.25, 0.3) is 0 Å². The minimum Gasteiger partial charge on any atom is -0.384 e. The number of hydrogen-bond acceptors (Lipinski definition) is 6. The van der Waals surface area contributed by atoms with E-state index >= 15 is 0 Å². The maximum absolute atomic E-state index is 11.1. The van der Waals surface area contributed by atoms with Gasteiger partial charge in [0.2, 0.25) is 0 Å². The van der Waals surface area contributed by atoms with E-state index < -0.39 is 0 Å². The van der Waals surface area contributed by atoms with Gasteiger partial charge in [0.05, 0.1) is 0 Å². The van der Waals surface area contributed by atoms with Gasteiger partial charge in [0.25, 0.3) is 11.1 Å². The van der Waals surface area contributed by atoms with Crippen molar-refractivity contribution in [1.82, 2.24) is 10.3 Å². The molecule has 6 nitrogen and oxygen atoms in total. The lowest BCUT2D eigenvalue weighted by Gasteiger charge is -2.24. The number of nitrogens with one attached hydrogen (secondary N) is 2. The second-order valence-electron chi connectivity index (χ2n) is 9.41. The fourth-order valence-electron chi connectivity index (χ4n) is 3.08. The summed E-state index contributed by atoms with van der Waals surface area (Å²) in [5.74, 6) is 6.19. The third-order valence-electron chi connectivity index (χ3n) is 5.46. The van der Waals surface area contributed by atoms with Crippen LogP contribution in [0, 0.1) is 10.8 Å². The first kappa shape index (κ1) is 25.0. The van der Waals surface area contributed by atoms with Crippen molar-refractivity contribution < 1.29 is 9.05 Å². The summed E-state index contributed by atoms with van der Waals surface area (Å²) >= 11 is 4.06. The van der Waals surface area contributed by atoms with E-state index in [0.29, 0.717) is 0 Å². The molecule has 0 fully saturated rings. The van der Waals surface area contributed by atoms with E-state index in [1.807, 2.05) is 23.5 Å². The maximum atomic E-state index is 11.1. The van der Waals surface area contributed by atoms with E-state index in [1.165, 1.54) is 24.3 Å². The molecular weight excluding hydrogens is 420 g/mol.